The first-order chi connectivity index (χ1) is 12.6. The predicted octanol–water partition coefficient (Wildman–Crippen LogP) is 4.35. The minimum Gasteiger partial charge on any atom is -0.378 e. The number of nitrogens with zero attached hydrogens (tertiary/aromatic N) is 2. The minimum atomic E-state index is -0.208. The molecule has 5 nitrogen and oxygen atoms in total. The van der Waals surface area contributed by atoms with E-state index in [2.05, 4.69) is 15.2 Å². The molecular weight excluding hydrogens is 370 g/mol. The van der Waals surface area contributed by atoms with Crippen LogP contribution >= 0.6 is 22.9 Å². The average Bonchev–Trinajstić information content (AvgIpc) is 3.01. The number of thiophene rings is 1. The van der Waals surface area contributed by atoms with Crippen LogP contribution in [0.5, 0.6) is 0 Å². The van der Waals surface area contributed by atoms with E-state index in [4.69, 9.17) is 16.3 Å². The van der Waals surface area contributed by atoms with E-state index in [0.717, 1.165) is 34.7 Å². The highest BCUT2D eigenvalue weighted by molar-refractivity contribution is 7.21. The Morgan fingerprint density at radius 1 is 1.23 bits per heavy atom. The normalized spacial score (nSPS) is 14.6. The zero-order valence-electron chi connectivity index (χ0n) is 14.3. The van der Waals surface area contributed by atoms with E-state index in [-0.39, 0.29) is 5.91 Å². The average molecular weight is 388 g/mol. The van der Waals surface area contributed by atoms with Gasteiger partial charge in [-0.05, 0) is 25.1 Å². The van der Waals surface area contributed by atoms with Crippen molar-refractivity contribution < 1.29 is 9.53 Å². The summed E-state index contributed by atoms with van der Waals surface area (Å²) < 4.78 is 6.38. The van der Waals surface area contributed by atoms with Gasteiger partial charge < -0.3 is 15.0 Å². The maximum Gasteiger partial charge on any atom is 0.267 e. The molecule has 1 N–H and O–H groups in total. The second-order valence-corrected chi connectivity index (χ2v) is 7.53. The molecule has 3 heterocycles. The number of carbonyl (C=O) groups excluding carboxylic acids is 1. The van der Waals surface area contributed by atoms with E-state index in [1.165, 1.54) is 11.3 Å². The minimum absolute atomic E-state index is 0.208. The van der Waals surface area contributed by atoms with Gasteiger partial charge in [0.2, 0.25) is 0 Å². The van der Waals surface area contributed by atoms with Gasteiger partial charge in [0.1, 0.15) is 10.7 Å². The van der Waals surface area contributed by atoms with Gasteiger partial charge in [-0.3, -0.25) is 4.79 Å². The lowest BCUT2D eigenvalue weighted by Crippen LogP contribution is -2.36. The molecule has 1 aliphatic rings. The highest BCUT2D eigenvalue weighted by atomic mass is 35.5. The molecule has 0 spiro atoms. The van der Waals surface area contributed by atoms with Crippen LogP contribution in [0.4, 0.5) is 11.5 Å². The third kappa shape index (κ3) is 3.28. The van der Waals surface area contributed by atoms with Crippen LogP contribution in [0, 0.1) is 6.92 Å². The molecule has 0 atom stereocenters. The summed E-state index contributed by atoms with van der Waals surface area (Å²) in [6.45, 7) is 4.98. The number of carbonyl (C=O) groups is 1. The molecule has 1 saturated heterocycles. The standard InChI is InChI=1S/C19H18ClN3O2S/c1-12-14(6-7-16(21-12)23-8-10-25-11-9-23)22-19(24)18-17(20)13-4-2-3-5-15(13)26-18/h2-7H,8-11H2,1H3,(H,22,24). The van der Waals surface area contributed by atoms with Crippen LogP contribution in [0.15, 0.2) is 36.4 Å². The molecule has 4 rings (SSSR count). The molecular formula is C19H18ClN3O2S. The number of ether oxygens (including phenoxy) is 1. The first-order valence-electron chi connectivity index (χ1n) is 8.42. The van der Waals surface area contributed by atoms with Gasteiger partial charge >= 0.3 is 0 Å². The fraction of sp³-hybridized carbons (Fsp3) is 0.263. The van der Waals surface area contributed by atoms with Crippen LogP contribution in [0.25, 0.3) is 10.1 Å². The molecule has 7 heteroatoms. The monoisotopic (exact) mass is 387 g/mol. The van der Waals surface area contributed by atoms with Crippen LogP contribution in [0.3, 0.4) is 0 Å². The van der Waals surface area contributed by atoms with Crippen molar-refractivity contribution in [2.75, 3.05) is 36.5 Å². The van der Waals surface area contributed by atoms with Crippen molar-refractivity contribution in [3.63, 3.8) is 0 Å². The van der Waals surface area contributed by atoms with Crippen molar-refractivity contribution in [1.29, 1.82) is 0 Å². The Hall–Kier alpha value is -2.15. The summed E-state index contributed by atoms with van der Waals surface area (Å²) in [6.07, 6.45) is 0. The molecule has 1 fully saturated rings. The first kappa shape index (κ1) is 17.3. The number of fused-ring (bicyclic) bond motifs is 1. The molecule has 1 amide bonds. The van der Waals surface area contributed by atoms with Crippen LogP contribution in [-0.4, -0.2) is 37.2 Å². The number of aryl methyl sites for hydroxylation is 1. The Kier molecular flexibility index (Phi) is 4.80. The molecule has 0 aliphatic carbocycles. The number of halogens is 1. The lowest BCUT2D eigenvalue weighted by atomic mass is 10.2. The van der Waals surface area contributed by atoms with Crippen LogP contribution in [0.1, 0.15) is 15.4 Å². The molecule has 1 aromatic carbocycles. The molecule has 3 aromatic rings. The Bertz CT molecular complexity index is 967. The molecule has 0 bridgehead atoms. The zero-order chi connectivity index (χ0) is 18.1. The van der Waals surface area contributed by atoms with Gasteiger partial charge in [-0.1, -0.05) is 29.8 Å². The number of aromatic nitrogens is 1. The summed E-state index contributed by atoms with van der Waals surface area (Å²) in [4.78, 5) is 20.0. The van der Waals surface area contributed by atoms with Gasteiger partial charge in [0, 0.05) is 23.2 Å². The second kappa shape index (κ2) is 7.23. The van der Waals surface area contributed by atoms with E-state index in [1.807, 2.05) is 43.3 Å². The number of pyridine rings is 1. The highest BCUT2D eigenvalue weighted by Crippen LogP contribution is 2.35. The zero-order valence-corrected chi connectivity index (χ0v) is 15.9. The van der Waals surface area contributed by atoms with E-state index in [9.17, 15) is 4.79 Å². The molecule has 1 aliphatic heterocycles. The number of morpholine rings is 1. The number of benzene rings is 1. The van der Waals surface area contributed by atoms with E-state index in [0.29, 0.717) is 28.8 Å². The van der Waals surface area contributed by atoms with Gasteiger partial charge in [-0.2, -0.15) is 0 Å². The Morgan fingerprint density at radius 3 is 2.73 bits per heavy atom. The number of anilines is 2. The van der Waals surface area contributed by atoms with Gasteiger partial charge in [-0.25, -0.2) is 4.98 Å². The van der Waals surface area contributed by atoms with Crippen LogP contribution < -0.4 is 10.2 Å². The molecule has 26 heavy (non-hydrogen) atoms. The lowest BCUT2D eigenvalue weighted by Gasteiger charge is -2.28. The predicted molar refractivity (Wildman–Crippen MR) is 107 cm³/mol. The van der Waals surface area contributed by atoms with Crippen molar-refractivity contribution >= 4 is 50.4 Å². The van der Waals surface area contributed by atoms with Crippen molar-refractivity contribution in [1.82, 2.24) is 4.98 Å². The smallest absolute Gasteiger partial charge is 0.267 e. The second-order valence-electron chi connectivity index (χ2n) is 6.10. The topological polar surface area (TPSA) is 54.5 Å². The fourth-order valence-electron chi connectivity index (χ4n) is 2.99. The lowest BCUT2D eigenvalue weighted by molar-refractivity contribution is 0.103. The Balaban J connectivity index is 1.56. The van der Waals surface area contributed by atoms with Gasteiger partial charge in [0.15, 0.2) is 0 Å². The van der Waals surface area contributed by atoms with Crippen molar-refractivity contribution in [2.45, 2.75) is 6.92 Å². The number of hydrogen-bond donors (Lipinski definition) is 1. The van der Waals surface area contributed by atoms with Gasteiger partial charge in [0.05, 0.1) is 29.6 Å². The Morgan fingerprint density at radius 2 is 2.00 bits per heavy atom. The van der Waals surface area contributed by atoms with Crippen molar-refractivity contribution in [3.8, 4) is 0 Å². The molecule has 0 saturated carbocycles. The Labute approximate surface area is 160 Å². The largest absolute Gasteiger partial charge is 0.378 e. The maximum absolute atomic E-state index is 12.7. The quantitative estimate of drug-likeness (QED) is 0.726. The summed E-state index contributed by atoms with van der Waals surface area (Å²) in [7, 11) is 0. The summed E-state index contributed by atoms with van der Waals surface area (Å²) in [5.74, 6) is 0.698. The van der Waals surface area contributed by atoms with Crippen LogP contribution in [0.2, 0.25) is 5.02 Å². The van der Waals surface area contributed by atoms with E-state index in [1.54, 1.807) is 0 Å². The summed E-state index contributed by atoms with van der Waals surface area (Å²) in [5, 5.41) is 4.34. The third-order valence-corrected chi connectivity index (χ3v) is 6.07. The number of amides is 1. The van der Waals surface area contributed by atoms with E-state index < -0.39 is 0 Å². The molecule has 2 aromatic heterocycles. The number of nitrogens with one attached hydrogen (secondary N) is 1. The number of hydrogen-bond acceptors (Lipinski definition) is 5. The third-order valence-electron chi connectivity index (χ3n) is 4.40. The summed E-state index contributed by atoms with van der Waals surface area (Å²) in [5.41, 5.74) is 1.47. The molecule has 0 unspecified atom stereocenters. The molecule has 0 radical (unpaired) electrons. The number of rotatable bonds is 3. The SMILES string of the molecule is Cc1nc(N2CCOCC2)ccc1NC(=O)c1sc2ccccc2c1Cl. The fourth-order valence-corrected chi connectivity index (χ4v) is 4.40. The summed E-state index contributed by atoms with van der Waals surface area (Å²) in [6, 6.07) is 11.6. The summed E-state index contributed by atoms with van der Waals surface area (Å²) >= 11 is 7.80. The van der Waals surface area contributed by atoms with Crippen molar-refractivity contribution in [2.24, 2.45) is 0 Å². The maximum atomic E-state index is 12.7. The van der Waals surface area contributed by atoms with Gasteiger partial charge in [-0.15, -0.1) is 11.3 Å². The van der Waals surface area contributed by atoms with Gasteiger partial charge in [0.25, 0.3) is 5.91 Å². The highest BCUT2D eigenvalue weighted by Gasteiger charge is 2.19. The molecule has 134 valence electrons. The van der Waals surface area contributed by atoms with E-state index >= 15 is 0 Å². The first-order valence-corrected chi connectivity index (χ1v) is 9.61. The van der Waals surface area contributed by atoms with Crippen molar-refractivity contribution in [3.05, 3.63) is 52.0 Å². The van der Waals surface area contributed by atoms with Crippen LogP contribution in [-0.2, 0) is 4.74 Å².